The first-order valence-corrected chi connectivity index (χ1v) is 13.7. The summed E-state index contributed by atoms with van der Waals surface area (Å²) in [6.45, 7) is 5.89. The highest BCUT2D eigenvalue weighted by atomic mass is 32.1. The molecule has 7 nitrogen and oxygen atoms in total. The van der Waals surface area contributed by atoms with Gasteiger partial charge in [0.15, 0.2) is 0 Å². The number of fused-ring (bicyclic) bond motifs is 2. The van der Waals surface area contributed by atoms with Crippen LogP contribution in [0.2, 0.25) is 0 Å². The molecule has 1 aliphatic rings. The number of carbonyl (C=O) groups is 2. The SMILES string of the molecule is CCOC(=O)c1c(NC(=O)Cn2cnc3scc(-c4ccc(C)cc4C)c3c2=O)sc2c1CCCC2. The second-order valence-electron chi connectivity index (χ2n) is 9.01. The number of nitrogens with one attached hydrogen (secondary N) is 1. The summed E-state index contributed by atoms with van der Waals surface area (Å²) in [5.74, 6) is -0.797. The van der Waals surface area contributed by atoms with E-state index in [1.807, 2.05) is 31.4 Å². The fourth-order valence-electron chi connectivity index (χ4n) is 4.79. The summed E-state index contributed by atoms with van der Waals surface area (Å²) in [5.41, 5.74) is 5.22. The smallest absolute Gasteiger partial charge is 0.341 e. The molecule has 186 valence electrons. The van der Waals surface area contributed by atoms with Crippen molar-refractivity contribution in [3.63, 3.8) is 0 Å². The maximum atomic E-state index is 13.4. The average molecular weight is 522 g/mol. The Hall–Kier alpha value is -3.30. The molecule has 9 heteroatoms. The van der Waals surface area contributed by atoms with Gasteiger partial charge in [-0.05, 0) is 63.1 Å². The van der Waals surface area contributed by atoms with Crippen molar-refractivity contribution in [3.8, 4) is 11.1 Å². The summed E-state index contributed by atoms with van der Waals surface area (Å²) >= 11 is 2.85. The molecule has 3 aromatic heterocycles. The number of benzene rings is 1. The topological polar surface area (TPSA) is 90.3 Å². The van der Waals surface area contributed by atoms with Crippen molar-refractivity contribution in [1.29, 1.82) is 0 Å². The third-order valence-electron chi connectivity index (χ3n) is 6.45. The van der Waals surface area contributed by atoms with E-state index in [1.54, 1.807) is 6.92 Å². The van der Waals surface area contributed by atoms with E-state index in [0.29, 0.717) is 20.8 Å². The van der Waals surface area contributed by atoms with Crippen LogP contribution in [0.1, 0.15) is 51.7 Å². The molecule has 1 aliphatic carbocycles. The van der Waals surface area contributed by atoms with Gasteiger partial charge in [-0.25, -0.2) is 9.78 Å². The van der Waals surface area contributed by atoms with Crippen molar-refractivity contribution >= 4 is 49.8 Å². The number of hydrogen-bond donors (Lipinski definition) is 1. The van der Waals surface area contributed by atoms with Crippen molar-refractivity contribution in [2.75, 3.05) is 11.9 Å². The van der Waals surface area contributed by atoms with Crippen molar-refractivity contribution in [2.45, 2.75) is 53.0 Å². The number of esters is 1. The second kappa shape index (κ2) is 9.99. The molecule has 0 bridgehead atoms. The molecule has 36 heavy (non-hydrogen) atoms. The number of carbonyl (C=O) groups excluding carboxylic acids is 2. The fourth-order valence-corrected chi connectivity index (χ4v) is 6.98. The summed E-state index contributed by atoms with van der Waals surface area (Å²) in [7, 11) is 0. The largest absolute Gasteiger partial charge is 0.462 e. The van der Waals surface area contributed by atoms with Crippen LogP contribution in [-0.2, 0) is 28.9 Å². The number of anilines is 1. The lowest BCUT2D eigenvalue weighted by Crippen LogP contribution is -2.28. The molecule has 3 heterocycles. The summed E-state index contributed by atoms with van der Waals surface area (Å²) in [6, 6.07) is 6.13. The zero-order chi connectivity index (χ0) is 25.4. The molecule has 0 saturated carbocycles. The van der Waals surface area contributed by atoms with Crippen LogP contribution >= 0.6 is 22.7 Å². The van der Waals surface area contributed by atoms with Gasteiger partial charge in [-0.2, -0.15) is 0 Å². The maximum absolute atomic E-state index is 13.4. The molecule has 0 saturated heterocycles. The highest BCUT2D eigenvalue weighted by Crippen LogP contribution is 2.38. The number of rotatable bonds is 6. The molecule has 0 atom stereocenters. The normalized spacial score (nSPS) is 13.0. The molecule has 1 N–H and O–H groups in total. The first-order valence-electron chi connectivity index (χ1n) is 12.0. The number of amides is 1. The number of nitrogens with zero attached hydrogens (tertiary/aromatic N) is 2. The Morgan fingerprint density at radius 3 is 2.75 bits per heavy atom. The summed E-state index contributed by atoms with van der Waals surface area (Å²) in [6.07, 6.45) is 5.18. The Morgan fingerprint density at radius 1 is 1.17 bits per heavy atom. The van der Waals surface area contributed by atoms with Gasteiger partial charge >= 0.3 is 5.97 Å². The molecule has 5 rings (SSSR count). The lowest BCUT2D eigenvalue weighted by atomic mass is 9.95. The van der Waals surface area contributed by atoms with E-state index < -0.39 is 5.97 Å². The van der Waals surface area contributed by atoms with Crippen LogP contribution in [0.15, 0.2) is 34.7 Å². The molecule has 0 aliphatic heterocycles. The van der Waals surface area contributed by atoms with Gasteiger partial charge in [0.2, 0.25) is 5.91 Å². The zero-order valence-corrected chi connectivity index (χ0v) is 22.1. The van der Waals surface area contributed by atoms with E-state index in [4.69, 9.17) is 4.74 Å². The Bertz CT molecular complexity index is 1550. The molecule has 0 spiro atoms. The summed E-state index contributed by atoms with van der Waals surface area (Å²) in [4.78, 5) is 45.4. The molecule has 1 amide bonds. The minimum atomic E-state index is -0.413. The second-order valence-corrected chi connectivity index (χ2v) is 11.0. The minimum Gasteiger partial charge on any atom is -0.462 e. The number of aryl methyl sites for hydroxylation is 3. The van der Waals surface area contributed by atoms with Gasteiger partial charge < -0.3 is 10.1 Å². The van der Waals surface area contributed by atoms with Crippen molar-refractivity contribution in [1.82, 2.24) is 9.55 Å². The van der Waals surface area contributed by atoms with Crippen molar-refractivity contribution in [3.05, 3.63) is 67.4 Å². The Labute approximate surface area is 216 Å². The molecular formula is C27H27N3O4S2. The van der Waals surface area contributed by atoms with Crippen LogP contribution in [0.5, 0.6) is 0 Å². The molecule has 4 aromatic rings. The van der Waals surface area contributed by atoms with Crippen molar-refractivity contribution < 1.29 is 14.3 Å². The first kappa shape index (κ1) is 24.4. The Kier molecular flexibility index (Phi) is 6.77. The summed E-state index contributed by atoms with van der Waals surface area (Å²) in [5, 5.41) is 5.84. The quantitative estimate of drug-likeness (QED) is 0.339. The highest BCUT2D eigenvalue weighted by Gasteiger charge is 2.27. The lowest BCUT2D eigenvalue weighted by molar-refractivity contribution is -0.116. The van der Waals surface area contributed by atoms with Crippen LogP contribution in [0.4, 0.5) is 5.00 Å². The van der Waals surface area contributed by atoms with E-state index >= 15 is 0 Å². The van der Waals surface area contributed by atoms with Gasteiger partial charge in [0, 0.05) is 15.8 Å². The van der Waals surface area contributed by atoms with Crippen LogP contribution in [0, 0.1) is 13.8 Å². The van der Waals surface area contributed by atoms with Crippen LogP contribution in [0.25, 0.3) is 21.3 Å². The third kappa shape index (κ3) is 4.49. The molecule has 0 radical (unpaired) electrons. The van der Waals surface area contributed by atoms with Crippen LogP contribution < -0.4 is 10.9 Å². The molecule has 0 unspecified atom stereocenters. The highest BCUT2D eigenvalue weighted by molar-refractivity contribution is 7.17. The number of hydrogen-bond acceptors (Lipinski definition) is 7. The van der Waals surface area contributed by atoms with Crippen LogP contribution in [0.3, 0.4) is 0 Å². The standard InChI is InChI=1S/C27H27N3O4S2/c1-4-34-27(33)23-18-7-5-6-8-20(18)36-25(23)29-21(31)12-30-14-28-24-22(26(30)32)19(13-35-24)17-10-9-15(2)11-16(17)3/h9-11,13-14H,4-8,12H2,1-3H3,(H,29,31). The van der Waals surface area contributed by atoms with Gasteiger partial charge in [-0.1, -0.05) is 23.8 Å². The Balaban J connectivity index is 1.46. The predicted octanol–water partition coefficient (Wildman–Crippen LogP) is 5.50. The third-order valence-corrected chi connectivity index (χ3v) is 8.54. The van der Waals surface area contributed by atoms with E-state index in [9.17, 15) is 14.4 Å². The Morgan fingerprint density at radius 2 is 1.97 bits per heavy atom. The number of aromatic nitrogens is 2. The van der Waals surface area contributed by atoms with E-state index in [1.165, 1.54) is 33.6 Å². The predicted molar refractivity (Wildman–Crippen MR) is 144 cm³/mol. The lowest BCUT2D eigenvalue weighted by Gasteiger charge is -2.12. The molecular weight excluding hydrogens is 494 g/mol. The average Bonchev–Trinajstić information content (AvgIpc) is 3.42. The molecule has 0 fully saturated rings. The maximum Gasteiger partial charge on any atom is 0.341 e. The fraction of sp³-hybridized carbons (Fsp3) is 0.333. The minimum absolute atomic E-state index is 0.200. The zero-order valence-electron chi connectivity index (χ0n) is 20.5. The van der Waals surface area contributed by atoms with Gasteiger partial charge in [0.25, 0.3) is 5.56 Å². The van der Waals surface area contributed by atoms with Gasteiger partial charge in [-0.15, -0.1) is 22.7 Å². The first-order chi connectivity index (χ1) is 17.4. The van der Waals surface area contributed by atoms with Gasteiger partial charge in [0.1, 0.15) is 16.4 Å². The van der Waals surface area contributed by atoms with E-state index in [2.05, 4.69) is 16.4 Å². The van der Waals surface area contributed by atoms with Gasteiger partial charge in [-0.3, -0.25) is 14.2 Å². The summed E-state index contributed by atoms with van der Waals surface area (Å²) < 4.78 is 6.60. The van der Waals surface area contributed by atoms with Gasteiger partial charge in [0.05, 0.1) is 23.9 Å². The monoisotopic (exact) mass is 521 g/mol. The van der Waals surface area contributed by atoms with E-state index in [-0.39, 0.29) is 24.6 Å². The molecule has 1 aromatic carbocycles. The number of thiophene rings is 2. The van der Waals surface area contributed by atoms with Crippen molar-refractivity contribution in [2.24, 2.45) is 0 Å². The number of ether oxygens (including phenoxy) is 1. The van der Waals surface area contributed by atoms with E-state index in [0.717, 1.165) is 58.4 Å². The van der Waals surface area contributed by atoms with Crippen LogP contribution in [-0.4, -0.2) is 28.0 Å².